The van der Waals surface area contributed by atoms with Gasteiger partial charge in [0.2, 0.25) is 5.91 Å². The lowest BCUT2D eigenvalue weighted by Gasteiger charge is -2.36. The van der Waals surface area contributed by atoms with Gasteiger partial charge < -0.3 is 5.73 Å². The summed E-state index contributed by atoms with van der Waals surface area (Å²) < 4.78 is 15.2. The van der Waals surface area contributed by atoms with Crippen molar-refractivity contribution in [3.63, 3.8) is 0 Å². The van der Waals surface area contributed by atoms with Crippen molar-refractivity contribution in [2.75, 3.05) is 11.4 Å². The van der Waals surface area contributed by atoms with Gasteiger partial charge >= 0.3 is 0 Å². The van der Waals surface area contributed by atoms with Crippen LogP contribution in [0.15, 0.2) is 54.6 Å². The second kappa shape index (κ2) is 6.63. The quantitative estimate of drug-likeness (QED) is 0.776. The zero-order valence-electron chi connectivity index (χ0n) is 15.3. The van der Waals surface area contributed by atoms with Crippen LogP contribution in [0.2, 0.25) is 0 Å². The number of rotatable bonds is 3. The maximum atomic E-state index is 13.4. The van der Waals surface area contributed by atoms with E-state index in [1.165, 1.54) is 12.1 Å². The summed E-state index contributed by atoms with van der Waals surface area (Å²) in [5, 5.41) is 4.72. The second-order valence-corrected chi connectivity index (χ2v) is 6.71. The first-order valence-corrected chi connectivity index (χ1v) is 9.00. The SMILES string of the molecule is CCN1C(=O)[C@@H](N)[C@@H](c2ccc(F)cc2)c2c(C)nn(-c3ccccc3)c21. The summed E-state index contributed by atoms with van der Waals surface area (Å²) in [5.74, 6) is -0.103. The van der Waals surface area contributed by atoms with Gasteiger partial charge in [0.25, 0.3) is 0 Å². The third-order valence-corrected chi connectivity index (χ3v) is 5.10. The molecular formula is C21H21FN4O. The van der Waals surface area contributed by atoms with Crippen LogP contribution in [0.3, 0.4) is 0 Å². The topological polar surface area (TPSA) is 64.2 Å². The molecule has 138 valence electrons. The lowest BCUT2D eigenvalue weighted by Crippen LogP contribution is -2.51. The van der Waals surface area contributed by atoms with Crippen LogP contribution in [0.4, 0.5) is 10.2 Å². The summed E-state index contributed by atoms with van der Waals surface area (Å²) >= 11 is 0. The molecule has 3 aromatic rings. The fourth-order valence-electron chi connectivity index (χ4n) is 3.86. The van der Waals surface area contributed by atoms with Gasteiger partial charge in [-0.05, 0) is 43.7 Å². The fraction of sp³-hybridized carbons (Fsp3) is 0.238. The number of nitrogens with two attached hydrogens (primary N) is 1. The molecule has 0 unspecified atom stereocenters. The van der Waals surface area contributed by atoms with Crippen LogP contribution in [0.1, 0.15) is 29.7 Å². The Morgan fingerprint density at radius 1 is 1.11 bits per heavy atom. The van der Waals surface area contributed by atoms with E-state index in [4.69, 9.17) is 10.8 Å². The summed E-state index contributed by atoms with van der Waals surface area (Å²) in [6, 6.07) is 15.1. The molecule has 1 amide bonds. The largest absolute Gasteiger partial charge is 0.319 e. The first-order valence-electron chi connectivity index (χ1n) is 9.00. The van der Waals surface area contributed by atoms with Gasteiger partial charge in [-0.15, -0.1) is 0 Å². The number of anilines is 1. The zero-order chi connectivity index (χ0) is 19.1. The Bertz CT molecular complexity index is 981. The molecule has 5 nitrogen and oxygen atoms in total. The first kappa shape index (κ1) is 17.4. The number of para-hydroxylation sites is 1. The predicted octanol–water partition coefficient (Wildman–Crippen LogP) is 3.15. The summed E-state index contributed by atoms with van der Waals surface area (Å²) in [5.41, 5.74) is 9.78. The van der Waals surface area contributed by atoms with Gasteiger partial charge in [-0.25, -0.2) is 9.07 Å². The molecule has 27 heavy (non-hydrogen) atoms. The number of aromatic nitrogens is 2. The van der Waals surface area contributed by atoms with E-state index >= 15 is 0 Å². The molecule has 0 saturated heterocycles. The number of aryl methyl sites for hydroxylation is 1. The third-order valence-electron chi connectivity index (χ3n) is 5.10. The Kier molecular flexibility index (Phi) is 4.28. The molecule has 1 aliphatic heterocycles. The zero-order valence-corrected chi connectivity index (χ0v) is 15.3. The number of halogens is 1. The highest BCUT2D eigenvalue weighted by molar-refractivity contribution is 6.01. The minimum Gasteiger partial charge on any atom is -0.319 e. The number of amides is 1. The van der Waals surface area contributed by atoms with Gasteiger partial charge in [0.15, 0.2) is 0 Å². The number of carbonyl (C=O) groups excluding carboxylic acids is 1. The molecule has 2 N–H and O–H groups in total. The molecule has 2 aromatic carbocycles. The molecule has 2 heterocycles. The van der Waals surface area contributed by atoms with E-state index in [-0.39, 0.29) is 17.6 Å². The Morgan fingerprint density at radius 2 is 1.78 bits per heavy atom. The average Bonchev–Trinajstić information content (AvgIpc) is 3.02. The molecule has 4 rings (SSSR count). The average molecular weight is 364 g/mol. The van der Waals surface area contributed by atoms with Crippen LogP contribution in [0.25, 0.3) is 5.69 Å². The van der Waals surface area contributed by atoms with E-state index in [9.17, 15) is 9.18 Å². The number of nitrogens with zero attached hydrogens (tertiary/aromatic N) is 3. The van der Waals surface area contributed by atoms with E-state index in [1.807, 2.05) is 44.2 Å². The molecule has 0 aliphatic carbocycles. The highest BCUT2D eigenvalue weighted by Gasteiger charge is 2.42. The van der Waals surface area contributed by atoms with E-state index in [1.54, 1.807) is 21.7 Å². The molecule has 0 saturated carbocycles. The molecular weight excluding hydrogens is 343 g/mol. The van der Waals surface area contributed by atoms with Crippen molar-refractivity contribution < 1.29 is 9.18 Å². The molecule has 1 aromatic heterocycles. The molecule has 0 bridgehead atoms. The van der Waals surface area contributed by atoms with Crippen molar-refractivity contribution in [1.82, 2.24) is 9.78 Å². The van der Waals surface area contributed by atoms with Crippen molar-refractivity contribution in [3.8, 4) is 5.69 Å². The Hall–Kier alpha value is -2.99. The standard InChI is InChI=1S/C21H21FN4O/c1-3-25-20-17(13(2)24-26(20)16-7-5-4-6-8-16)18(19(23)21(25)27)14-9-11-15(22)12-10-14/h4-12,18-19H,3,23H2,1-2H3/t18-,19-/m0/s1. The molecule has 0 spiro atoms. The highest BCUT2D eigenvalue weighted by atomic mass is 19.1. The van der Waals surface area contributed by atoms with Gasteiger partial charge in [-0.3, -0.25) is 9.69 Å². The van der Waals surface area contributed by atoms with E-state index < -0.39 is 6.04 Å². The van der Waals surface area contributed by atoms with Crippen LogP contribution >= 0.6 is 0 Å². The number of likely N-dealkylation sites (N-methyl/N-ethyl adjacent to an activating group) is 1. The monoisotopic (exact) mass is 364 g/mol. The van der Waals surface area contributed by atoms with Crippen molar-refractivity contribution in [3.05, 3.63) is 77.2 Å². The van der Waals surface area contributed by atoms with Crippen molar-refractivity contribution in [1.29, 1.82) is 0 Å². The third kappa shape index (κ3) is 2.73. The van der Waals surface area contributed by atoms with E-state index in [0.29, 0.717) is 6.54 Å². The molecule has 0 fully saturated rings. The molecule has 2 atom stereocenters. The number of benzene rings is 2. The maximum Gasteiger partial charge on any atom is 0.246 e. The van der Waals surface area contributed by atoms with E-state index in [2.05, 4.69) is 0 Å². The number of hydrogen-bond acceptors (Lipinski definition) is 3. The van der Waals surface area contributed by atoms with Crippen LogP contribution in [-0.2, 0) is 4.79 Å². The molecule has 6 heteroatoms. The second-order valence-electron chi connectivity index (χ2n) is 6.71. The number of carbonyl (C=O) groups is 1. The fourth-order valence-corrected chi connectivity index (χ4v) is 3.86. The predicted molar refractivity (Wildman–Crippen MR) is 103 cm³/mol. The first-order chi connectivity index (χ1) is 13.0. The normalized spacial score (nSPS) is 19.3. The van der Waals surface area contributed by atoms with Crippen molar-refractivity contribution in [2.45, 2.75) is 25.8 Å². The van der Waals surface area contributed by atoms with Crippen molar-refractivity contribution >= 4 is 11.7 Å². The number of hydrogen-bond donors (Lipinski definition) is 1. The van der Waals surface area contributed by atoms with Crippen LogP contribution in [-0.4, -0.2) is 28.3 Å². The highest BCUT2D eigenvalue weighted by Crippen LogP contribution is 2.42. The Balaban J connectivity index is 1.97. The summed E-state index contributed by atoms with van der Waals surface area (Å²) in [4.78, 5) is 14.7. The minimum atomic E-state index is -0.741. The van der Waals surface area contributed by atoms with Gasteiger partial charge in [-0.1, -0.05) is 30.3 Å². The van der Waals surface area contributed by atoms with Gasteiger partial charge in [0.1, 0.15) is 11.6 Å². The smallest absolute Gasteiger partial charge is 0.246 e. The van der Waals surface area contributed by atoms with Crippen LogP contribution in [0.5, 0.6) is 0 Å². The van der Waals surface area contributed by atoms with Crippen LogP contribution in [0, 0.1) is 12.7 Å². The van der Waals surface area contributed by atoms with Crippen molar-refractivity contribution in [2.24, 2.45) is 5.73 Å². The van der Waals surface area contributed by atoms with Gasteiger partial charge in [0.05, 0.1) is 17.4 Å². The van der Waals surface area contributed by atoms with E-state index in [0.717, 1.165) is 28.3 Å². The van der Waals surface area contributed by atoms with Gasteiger partial charge in [-0.2, -0.15) is 5.10 Å². The Morgan fingerprint density at radius 3 is 2.41 bits per heavy atom. The summed E-state index contributed by atoms with van der Waals surface area (Å²) in [7, 11) is 0. The maximum absolute atomic E-state index is 13.4. The molecule has 0 radical (unpaired) electrons. The lowest BCUT2D eigenvalue weighted by atomic mass is 9.81. The number of fused-ring (bicyclic) bond motifs is 1. The molecule has 1 aliphatic rings. The Labute approximate surface area is 157 Å². The van der Waals surface area contributed by atoms with Crippen LogP contribution < -0.4 is 10.6 Å². The summed E-state index contributed by atoms with van der Waals surface area (Å²) in [6.45, 7) is 4.34. The lowest BCUT2D eigenvalue weighted by molar-refractivity contribution is -0.120. The minimum absolute atomic E-state index is 0.156. The summed E-state index contributed by atoms with van der Waals surface area (Å²) in [6.07, 6.45) is 0. The van der Waals surface area contributed by atoms with Gasteiger partial charge in [0, 0.05) is 18.0 Å².